The molecule has 0 aromatic carbocycles. The summed E-state index contributed by atoms with van der Waals surface area (Å²) >= 11 is 0. The van der Waals surface area contributed by atoms with Crippen LogP contribution in [0.25, 0.3) is 0 Å². The summed E-state index contributed by atoms with van der Waals surface area (Å²) in [5, 5.41) is 10.7. The van der Waals surface area contributed by atoms with Crippen molar-refractivity contribution in [1.82, 2.24) is 9.88 Å². The van der Waals surface area contributed by atoms with Crippen molar-refractivity contribution in [2.45, 2.75) is 31.8 Å². The van der Waals surface area contributed by atoms with Crippen molar-refractivity contribution in [3.05, 3.63) is 29.6 Å². The van der Waals surface area contributed by atoms with E-state index in [1.165, 1.54) is 0 Å². The molecule has 1 atom stereocenters. The Balaban J connectivity index is 2.20. The molecule has 1 fully saturated rings. The van der Waals surface area contributed by atoms with Gasteiger partial charge in [0.15, 0.2) is 0 Å². The van der Waals surface area contributed by atoms with E-state index in [0.717, 1.165) is 43.6 Å². The molecule has 1 aromatic heterocycles. The first-order chi connectivity index (χ1) is 7.60. The Kier molecular flexibility index (Phi) is 3.26. The molecule has 3 heteroatoms. The monoisotopic (exact) mass is 220 g/mol. The van der Waals surface area contributed by atoms with Gasteiger partial charge in [-0.1, -0.05) is 6.07 Å². The predicted octanol–water partition coefficient (Wildman–Crippen LogP) is 1.69. The Hall–Kier alpha value is -0.930. The van der Waals surface area contributed by atoms with Crippen LogP contribution in [0, 0.1) is 6.92 Å². The van der Waals surface area contributed by atoms with Crippen molar-refractivity contribution in [2.24, 2.45) is 0 Å². The number of likely N-dealkylation sites (tertiary alicyclic amines) is 1. The fourth-order valence-electron chi connectivity index (χ4n) is 2.29. The molecular formula is C13H20N2O. The molecule has 0 bridgehead atoms. The lowest BCUT2D eigenvalue weighted by molar-refractivity contribution is 0.0215. The number of pyridine rings is 1. The molecule has 2 heterocycles. The third-order valence-corrected chi connectivity index (χ3v) is 3.49. The molecule has 0 amide bonds. The molecule has 1 unspecified atom stereocenters. The average molecular weight is 220 g/mol. The predicted molar refractivity (Wildman–Crippen MR) is 64.2 cm³/mol. The Bertz CT molecular complexity index is 349. The van der Waals surface area contributed by atoms with Crippen molar-refractivity contribution >= 4 is 0 Å². The molecule has 2 rings (SSSR count). The molecule has 3 nitrogen and oxygen atoms in total. The maximum absolute atomic E-state index is 10.7. The number of nitrogens with zero attached hydrogens (tertiary/aromatic N) is 2. The number of hydrogen-bond acceptors (Lipinski definition) is 3. The Morgan fingerprint density at radius 2 is 2.12 bits per heavy atom. The van der Waals surface area contributed by atoms with Crippen LogP contribution in [0.1, 0.15) is 30.5 Å². The van der Waals surface area contributed by atoms with Gasteiger partial charge >= 0.3 is 0 Å². The van der Waals surface area contributed by atoms with Gasteiger partial charge < -0.3 is 10.0 Å². The van der Waals surface area contributed by atoms with Crippen LogP contribution in [0.2, 0.25) is 0 Å². The molecule has 0 saturated carbocycles. The summed E-state index contributed by atoms with van der Waals surface area (Å²) in [5.41, 5.74) is 1.29. The molecule has 0 aliphatic carbocycles. The van der Waals surface area contributed by atoms with Crippen LogP contribution < -0.4 is 0 Å². The molecule has 1 saturated heterocycles. The quantitative estimate of drug-likeness (QED) is 0.782. The zero-order valence-electron chi connectivity index (χ0n) is 10.1. The van der Waals surface area contributed by atoms with Crippen LogP contribution in [0.5, 0.6) is 0 Å². The minimum atomic E-state index is -0.675. The topological polar surface area (TPSA) is 36.4 Å². The number of rotatable bonds is 1. The van der Waals surface area contributed by atoms with Crippen LogP contribution in [0.3, 0.4) is 0 Å². The Labute approximate surface area is 97.1 Å². The average Bonchev–Trinajstić information content (AvgIpc) is 2.43. The van der Waals surface area contributed by atoms with Crippen LogP contribution in [0.4, 0.5) is 0 Å². The maximum atomic E-state index is 10.7. The van der Waals surface area contributed by atoms with Crippen LogP contribution in [-0.2, 0) is 5.60 Å². The normalized spacial score (nSPS) is 27.7. The van der Waals surface area contributed by atoms with Crippen LogP contribution in [-0.4, -0.2) is 35.1 Å². The van der Waals surface area contributed by atoms with E-state index in [9.17, 15) is 5.11 Å². The Morgan fingerprint density at radius 1 is 1.31 bits per heavy atom. The molecular weight excluding hydrogens is 200 g/mol. The SMILES string of the molecule is Cc1ccc(C2(O)CCCN(C)CC2)cn1. The second-order valence-corrected chi connectivity index (χ2v) is 4.88. The van der Waals surface area contributed by atoms with Gasteiger partial charge in [-0.3, -0.25) is 4.98 Å². The maximum Gasteiger partial charge on any atom is 0.0924 e. The summed E-state index contributed by atoms with van der Waals surface area (Å²) < 4.78 is 0. The van der Waals surface area contributed by atoms with Gasteiger partial charge in [0.2, 0.25) is 0 Å². The van der Waals surface area contributed by atoms with Gasteiger partial charge in [-0.15, -0.1) is 0 Å². The highest BCUT2D eigenvalue weighted by Crippen LogP contribution is 2.32. The zero-order valence-corrected chi connectivity index (χ0v) is 10.1. The number of aliphatic hydroxyl groups is 1. The number of hydrogen-bond donors (Lipinski definition) is 1. The summed E-state index contributed by atoms with van der Waals surface area (Å²) in [7, 11) is 2.11. The fraction of sp³-hybridized carbons (Fsp3) is 0.615. The van der Waals surface area contributed by atoms with E-state index >= 15 is 0 Å². The highest BCUT2D eigenvalue weighted by atomic mass is 16.3. The van der Waals surface area contributed by atoms with E-state index in [2.05, 4.69) is 16.9 Å². The van der Waals surface area contributed by atoms with E-state index in [1.807, 2.05) is 25.3 Å². The second-order valence-electron chi connectivity index (χ2n) is 4.88. The molecule has 1 aromatic rings. The first kappa shape index (κ1) is 11.6. The van der Waals surface area contributed by atoms with Crippen molar-refractivity contribution in [3.63, 3.8) is 0 Å². The molecule has 88 valence electrons. The molecule has 0 spiro atoms. The molecule has 1 aliphatic heterocycles. The standard InChI is InChI=1S/C13H20N2O/c1-11-4-5-12(10-14-11)13(16)6-3-8-15(2)9-7-13/h4-5,10,16H,3,6-9H2,1-2H3. The molecule has 1 N–H and O–H groups in total. The second kappa shape index (κ2) is 4.52. The fourth-order valence-corrected chi connectivity index (χ4v) is 2.29. The minimum Gasteiger partial charge on any atom is -0.385 e. The van der Waals surface area contributed by atoms with Crippen molar-refractivity contribution in [3.8, 4) is 0 Å². The summed E-state index contributed by atoms with van der Waals surface area (Å²) in [6.07, 6.45) is 4.50. The third-order valence-electron chi connectivity index (χ3n) is 3.49. The van der Waals surface area contributed by atoms with Gasteiger partial charge in [0.05, 0.1) is 5.60 Å². The van der Waals surface area contributed by atoms with E-state index in [1.54, 1.807) is 0 Å². The van der Waals surface area contributed by atoms with E-state index in [4.69, 9.17) is 0 Å². The molecule has 0 radical (unpaired) electrons. The summed E-state index contributed by atoms with van der Waals surface area (Å²) in [4.78, 5) is 6.55. The zero-order chi connectivity index (χ0) is 11.6. The summed E-state index contributed by atoms with van der Waals surface area (Å²) in [6.45, 7) is 3.99. The lowest BCUT2D eigenvalue weighted by atomic mass is 9.88. The lowest BCUT2D eigenvalue weighted by Crippen LogP contribution is -2.27. The third kappa shape index (κ3) is 2.42. The van der Waals surface area contributed by atoms with Gasteiger partial charge in [-0.2, -0.15) is 0 Å². The van der Waals surface area contributed by atoms with Gasteiger partial charge in [0.1, 0.15) is 0 Å². The van der Waals surface area contributed by atoms with Gasteiger partial charge in [-0.05, 0) is 45.8 Å². The van der Waals surface area contributed by atoms with Crippen molar-refractivity contribution in [1.29, 1.82) is 0 Å². The van der Waals surface area contributed by atoms with Crippen molar-refractivity contribution in [2.75, 3.05) is 20.1 Å². The van der Waals surface area contributed by atoms with Crippen LogP contribution >= 0.6 is 0 Å². The lowest BCUT2D eigenvalue weighted by Gasteiger charge is -2.26. The highest BCUT2D eigenvalue weighted by molar-refractivity contribution is 5.21. The van der Waals surface area contributed by atoms with Gasteiger partial charge in [-0.25, -0.2) is 0 Å². The van der Waals surface area contributed by atoms with E-state index < -0.39 is 5.60 Å². The summed E-state index contributed by atoms with van der Waals surface area (Å²) in [5.74, 6) is 0. The molecule has 1 aliphatic rings. The van der Waals surface area contributed by atoms with E-state index in [0.29, 0.717) is 0 Å². The number of aromatic nitrogens is 1. The number of aryl methyl sites for hydroxylation is 1. The Morgan fingerprint density at radius 3 is 2.81 bits per heavy atom. The van der Waals surface area contributed by atoms with Crippen molar-refractivity contribution < 1.29 is 5.11 Å². The first-order valence-corrected chi connectivity index (χ1v) is 5.94. The summed E-state index contributed by atoms with van der Waals surface area (Å²) in [6, 6.07) is 3.98. The first-order valence-electron chi connectivity index (χ1n) is 5.94. The van der Waals surface area contributed by atoms with Gasteiger partial charge in [0.25, 0.3) is 0 Å². The van der Waals surface area contributed by atoms with Gasteiger partial charge in [0, 0.05) is 24.0 Å². The largest absolute Gasteiger partial charge is 0.385 e. The minimum absolute atomic E-state index is 0.675. The van der Waals surface area contributed by atoms with Crippen LogP contribution in [0.15, 0.2) is 18.3 Å². The highest BCUT2D eigenvalue weighted by Gasteiger charge is 2.31. The molecule has 16 heavy (non-hydrogen) atoms. The van der Waals surface area contributed by atoms with E-state index in [-0.39, 0.29) is 0 Å². The smallest absolute Gasteiger partial charge is 0.0924 e.